The van der Waals surface area contributed by atoms with Gasteiger partial charge in [-0.3, -0.25) is 9.36 Å². The quantitative estimate of drug-likeness (QED) is 0.577. The lowest BCUT2D eigenvalue weighted by Gasteiger charge is -2.14. The van der Waals surface area contributed by atoms with Crippen LogP contribution in [0.4, 0.5) is 8.78 Å². The van der Waals surface area contributed by atoms with Gasteiger partial charge in [-0.05, 0) is 49.6 Å². The zero-order chi connectivity index (χ0) is 20.4. The average Bonchev–Trinajstić information content (AvgIpc) is 3.46. The minimum absolute atomic E-state index is 0.160. The molecule has 1 aliphatic rings. The van der Waals surface area contributed by atoms with E-state index in [1.54, 1.807) is 30.3 Å². The van der Waals surface area contributed by atoms with Crippen molar-refractivity contribution < 1.29 is 13.6 Å². The Labute approximate surface area is 171 Å². The molecule has 1 N–H and O–H groups in total. The molecule has 150 valence electrons. The topological polar surface area (TPSA) is 59.8 Å². The van der Waals surface area contributed by atoms with Gasteiger partial charge in [-0.25, -0.2) is 8.78 Å². The van der Waals surface area contributed by atoms with Crippen LogP contribution in [0.2, 0.25) is 0 Å². The Morgan fingerprint density at radius 2 is 1.90 bits per heavy atom. The van der Waals surface area contributed by atoms with Crippen molar-refractivity contribution in [2.24, 2.45) is 0 Å². The molecule has 1 aliphatic carbocycles. The summed E-state index contributed by atoms with van der Waals surface area (Å²) in [5.41, 5.74) is 1.24. The lowest BCUT2D eigenvalue weighted by molar-refractivity contribution is -0.119. The number of hydrogen-bond acceptors (Lipinski definition) is 4. The Balaban J connectivity index is 1.44. The molecular weight excluding hydrogens is 394 g/mol. The van der Waals surface area contributed by atoms with Gasteiger partial charge in [-0.15, -0.1) is 10.2 Å². The Morgan fingerprint density at radius 3 is 2.59 bits per heavy atom. The van der Waals surface area contributed by atoms with Crippen LogP contribution in [0.1, 0.15) is 37.4 Å². The monoisotopic (exact) mass is 414 g/mol. The minimum Gasteiger partial charge on any atom is -0.349 e. The molecule has 2 aromatic carbocycles. The maximum atomic E-state index is 14.2. The molecule has 1 atom stereocenters. The summed E-state index contributed by atoms with van der Waals surface area (Å²) in [6, 6.07) is 12.5. The van der Waals surface area contributed by atoms with Gasteiger partial charge >= 0.3 is 0 Å². The van der Waals surface area contributed by atoms with Crippen molar-refractivity contribution in [3.05, 3.63) is 65.7 Å². The molecule has 1 aromatic heterocycles. The third kappa shape index (κ3) is 4.48. The fraction of sp³-hybridized carbons (Fsp3) is 0.286. The molecule has 1 fully saturated rings. The first-order valence-electron chi connectivity index (χ1n) is 9.40. The fourth-order valence-electron chi connectivity index (χ4n) is 3.11. The predicted octanol–water partition coefficient (Wildman–Crippen LogP) is 4.53. The number of aromatic nitrogens is 3. The number of nitrogens with one attached hydrogen (secondary N) is 1. The van der Waals surface area contributed by atoms with Crippen LogP contribution in [0.25, 0.3) is 11.4 Å². The zero-order valence-corrected chi connectivity index (χ0v) is 16.6. The van der Waals surface area contributed by atoms with Crippen LogP contribution in [-0.2, 0) is 4.79 Å². The van der Waals surface area contributed by atoms with Gasteiger partial charge in [0.25, 0.3) is 0 Å². The van der Waals surface area contributed by atoms with Crippen LogP contribution in [0.5, 0.6) is 0 Å². The van der Waals surface area contributed by atoms with Gasteiger partial charge in [0.15, 0.2) is 11.0 Å². The maximum Gasteiger partial charge on any atom is 0.230 e. The Kier molecular flexibility index (Phi) is 5.62. The van der Waals surface area contributed by atoms with E-state index in [2.05, 4.69) is 15.5 Å². The third-order valence-corrected chi connectivity index (χ3v) is 5.71. The van der Waals surface area contributed by atoms with Crippen molar-refractivity contribution in [2.45, 2.75) is 37.0 Å². The minimum atomic E-state index is -0.343. The molecule has 8 heteroatoms. The van der Waals surface area contributed by atoms with E-state index in [-0.39, 0.29) is 35.4 Å². The Bertz CT molecular complexity index is 1020. The molecule has 0 aliphatic heterocycles. The summed E-state index contributed by atoms with van der Waals surface area (Å²) in [5.74, 6) is -0.164. The highest BCUT2D eigenvalue weighted by Gasteiger charge is 2.31. The van der Waals surface area contributed by atoms with Gasteiger partial charge in [0.2, 0.25) is 5.91 Å². The second kappa shape index (κ2) is 8.32. The van der Waals surface area contributed by atoms with E-state index in [0.29, 0.717) is 16.5 Å². The number of nitrogens with zero attached hydrogens (tertiary/aromatic N) is 3. The number of carbonyl (C=O) groups excluding carboxylic acids is 1. The molecule has 0 bridgehead atoms. The molecule has 3 aromatic rings. The van der Waals surface area contributed by atoms with E-state index in [1.807, 2.05) is 11.5 Å². The van der Waals surface area contributed by atoms with E-state index < -0.39 is 0 Å². The number of carbonyl (C=O) groups is 1. The average molecular weight is 414 g/mol. The number of amides is 1. The first-order valence-corrected chi connectivity index (χ1v) is 10.4. The van der Waals surface area contributed by atoms with Crippen LogP contribution in [0, 0.1) is 11.6 Å². The van der Waals surface area contributed by atoms with Crippen molar-refractivity contribution in [1.82, 2.24) is 20.1 Å². The van der Waals surface area contributed by atoms with E-state index in [0.717, 1.165) is 18.4 Å². The number of benzene rings is 2. The zero-order valence-electron chi connectivity index (χ0n) is 15.8. The van der Waals surface area contributed by atoms with Crippen molar-refractivity contribution >= 4 is 17.7 Å². The molecule has 5 nitrogen and oxygen atoms in total. The van der Waals surface area contributed by atoms with E-state index >= 15 is 0 Å². The number of halogens is 2. The summed E-state index contributed by atoms with van der Waals surface area (Å²) in [7, 11) is 0. The van der Waals surface area contributed by atoms with Gasteiger partial charge in [-0.2, -0.15) is 0 Å². The van der Waals surface area contributed by atoms with Gasteiger partial charge in [0.1, 0.15) is 11.6 Å². The Hall–Kier alpha value is -2.74. The smallest absolute Gasteiger partial charge is 0.230 e. The summed E-state index contributed by atoms with van der Waals surface area (Å²) in [6.45, 7) is 1.85. The molecule has 4 rings (SSSR count). The number of thioether (sulfide) groups is 1. The van der Waals surface area contributed by atoms with Gasteiger partial charge in [-0.1, -0.05) is 36.0 Å². The molecule has 1 unspecified atom stereocenters. The molecule has 0 saturated heterocycles. The van der Waals surface area contributed by atoms with Crippen LogP contribution in [0.3, 0.4) is 0 Å². The number of rotatable bonds is 7. The Morgan fingerprint density at radius 1 is 1.17 bits per heavy atom. The van der Waals surface area contributed by atoms with Crippen LogP contribution in [-0.4, -0.2) is 26.4 Å². The highest BCUT2D eigenvalue weighted by atomic mass is 32.2. The van der Waals surface area contributed by atoms with Crippen LogP contribution in [0.15, 0.2) is 53.7 Å². The summed E-state index contributed by atoms with van der Waals surface area (Å²) >= 11 is 1.28. The van der Waals surface area contributed by atoms with Gasteiger partial charge < -0.3 is 5.32 Å². The van der Waals surface area contributed by atoms with Gasteiger partial charge in [0, 0.05) is 6.04 Å². The molecule has 0 radical (unpaired) electrons. The first-order chi connectivity index (χ1) is 14.0. The molecule has 1 heterocycles. The van der Waals surface area contributed by atoms with Crippen LogP contribution >= 0.6 is 11.8 Å². The van der Waals surface area contributed by atoms with Crippen molar-refractivity contribution in [2.75, 3.05) is 5.75 Å². The standard InChI is InChI=1S/C21H20F2N4OS/c1-13(14-6-8-15(22)9-7-14)24-19(28)12-29-21-26-25-20(27(21)16-10-11-16)17-4-2-3-5-18(17)23/h2-9,13,16H,10-12H2,1H3,(H,24,28). The van der Waals surface area contributed by atoms with Crippen molar-refractivity contribution in [3.8, 4) is 11.4 Å². The summed E-state index contributed by atoms with van der Waals surface area (Å²) < 4.78 is 29.2. The SMILES string of the molecule is CC(NC(=O)CSc1nnc(-c2ccccc2F)n1C1CC1)c1ccc(F)cc1. The maximum absolute atomic E-state index is 14.2. The van der Waals surface area contributed by atoms with E-state index in [4.69, 9.17) is 0 Å². The second-order valence-electron chi connectivity index (χ2n) is 7.02. The molecule has 1 saturated carbocycles. The van der Waals surface area contributed by atoms with E-state index in [1.165, 1.54) is 30.0 Å². The highest BCUT2D eigenvalue weighted by molar-refractivity contribution is 7.99. The predicted molar refractivity (Wildman–Crippen MR) is 107 cm³/mol. The largest absolute Gasteiger partial charge is 0.349 e. The number of hydrogen-bond donors (Lipinski definition) is 1. The van der Waals surface area contributed by atoms with Crippen molar-refractivity contribution in [3.63, 3.8) is 0 Å². The first kappa shape index (κ1) is 19.6. The van der Waals surface area contributed by atoms with Crippen LogP contribution < -0.4 is 5.32 Å². The highest BCUT2D eigenvalue weighted by Crippen LogP contribution is 2.41. The summed E-state index contributed by atoms with van der Waals surface area (Å²) in [6.07, 6.45) is 1.97. The fourth-order valence-corrected chi connectivity index (χ4v) is 3.93. The molecule has 0 spiro atoms. The summed E-state index contributed by atoms with van der Waals surface area (Å²) in [4.78, 5) is 12.4. The lowest BCUT2D eigenvalue weighted by Crippen LogP contribution is -2.28. The summed E-state index contributed by atoms with van der Waals surface area (Å²) in [5, 5.41) is 11.9. The van der Waals surface area contributed by atoms with Gasteiger partial charge in [0.05, 0.1) is 17.4 Å². The normalized spacial score (nSPS) is 14.6. The second-order valence-corrected chi connectivity index (χ2v) is 7.96. The molecule has 1 amide bonds. The lowest BCUT2D eigenvalue weighted by atomic mass is 10.1. The van der Waals surface area contributed by atoms with E-state index in [9.17, 15) is 13.6 Å². The van der Waals surface area contributed by atoms with Crippen molar-refractivity contribution in [1.29, 1.82) is 0 Å². The molecule has 29 heavy (non-hydrogen) atoms. The third-order valence-electron chi connectivity index (χ3n) is 4.77. The molecular formula is C21H20F2N4OS.